The summed E-state index contributed by atoms with van der Waals surface area (Å²) >= 11 is 0. The molecular weight excluding hydrogens is 286 g/mol. The second-order valence-electron chi connectivity index (χ2n) is 6.91. The van der Waals surface area contributed by atoms with Gasteiger partial charge in [0.1, 0.15) is 5.69 Å². The molecule has 1 aromatic carbocycles. The summed E-state index contributed by atoms with van der Waals surface area (Å²) in [6.07, 6.45) is 6.01. The first kappa shape index (κ1) is 16.7. The van der Waals surface area contributed by atoms with Gasteiger partial charge in [-0.15, -0.1) is 0 Å². The topological polar surface area (TPSA) is 55.1 Å². The van der Waals surface area contributed by atoms with Gasteiger partial charge in [0.25, 0.3) is 0 Å². The van der Waals surface area contributed by atoms with Gasteiger partial charge in [0, 0.05) is 36.8 Å². The molecule has 0 saturated carbocycles. The van der Waals surface area contributed by atoms with Gasteiger partial charge in [-0.2, -0.15) is 0 Å². The van der Waals surface area contributed by atoms with Crippen molar-refractivity contribution in [3.63, 3.8) is 0 Å². The van der Waals surface area contributed by atoms with Gasteiger partial charge < -0.3 is 10.5 Å². The Kier molecular flexibility index (Phi) is 5.84. The van der Waals surface area contributed by atoms with E-state index in [1.54, 1.807) is 0 Å². The zero-order chi connectivity index (χ0) is 16.1. The first-order valence-electron chi connectivity index (χ1n) is 8.92. The number of hydrogen-bond donors (Lipinski definition) is 2. The van der Waals surface area contributed by atoms with E-state index in [2.05, 4.69) is 47.6 Å². The quantitative estimate of drug-likeness (QED) is 0.786. The molecule has 4 nitrogen and oxygen atoms in total. The average Bonchev–Trinajstić information content (AvgIpc) is 3.24. The van der Waals surface area contributed by atoms with Crippen LogP contribution in [0.5, 0.6) is 0 Å². The van der Waals surface area contributed by atoms with Crippen LogP contribution in [0.2, 0.25) is 0 Å². The Balaban J connectivity index is 1.65. The molecule has 0 bridgehead atoms. The molecule has 4 N–H and O–H groups in total. The summed E-state index contributed by atoms with van der Waals surface area (Å²) in [5, 5.41) is 2.22. The van der Waals surface area contributed by atoms with Crippen LogP contribution in [-0.2, 0) is 4.74 Å². The lowest BCUT2D eigenvalue weighted by Crippen LogP contribution is -2.71. The highest BCUT2D eigenvalue weighted by molar-refractivity contribution is 5.36. The Labute approximate surface area is 139 Å². The predicted octanol–water partition coefficient (Wildman–Crippen LogP) is 1.71. The number of benzene rings is 1. The number of nitrogens with zero attached hydrogens (tertiary/aromatic N) is 1. The number of nitrogens with two attached hydrogens (primary N) is 2. The molecule has 2 heterocycles. The molecule has 2 aliphatic rings. The van der Waals surface area contributed by atoms with Crippen LogP contribution < -0.4 is 11.1 Å². The van der Waals surface area contributed by atoms with Crippen LogP contribution in [0.1, 0.15) is 37.7 Å². The second-order valence-corrected chi connectivity index (χ2v) is 6.91. The second kappa shape index (κ2) is 8.06. The summed E-state index contributed by atoms with van der Waals surface area (Å²) in [5.41, 5.74) is 10.2. The Morgan fingerprint density at radius 3 is 2.96 bits per heavy atom. The monoisotopic (exact) mass is 316 g/mol. The molecule has 4 heteroatoms. The van der Waals surface area contributed by atoms with Crippen LogP contribution in [0.25, 0.3) is 0 Å². The van der Waals surface area contributed by atoms with Crippen molar-refractivity contribution in [2.75, 3.05) is 32.8 Å². The van der Waals surface area contributed by atoms with Gasteiger partial charge in [0.15, 0.2) is 0 Å². The number of likely N-dealkylation sites (tertiary alicyclic amines) is 1. The Hall–Kier alpha value is -1.20. The van der Waals surface area contributed by atoms with Crippen molar-refractivity contribution in [3.8, 4) is 0 Å². The van der Waals surface area contributed by atoms with E-state index in [9.17, 15) is 0 Å². The Morgan fingerprint density at radius 2 is 2.26 bits per heavy atom. The van der Waals surface area contributed by atoms with E-state index in [1.807, 2.05) is 0 Å². The third-order valence-electron chi connectivity index (χ3n) is 4.99. The van der Waals surface area contributed by atoms with E-state index in [0.717, 1.165) is 26.2 Å². The van der Waals surface area contributed by atoms with Gasteiger partial charge in [0.05, 0.1) is 12.8 Å². The van der Waals surface area contributed by atoms with Gasteiger partial charge in [-0.3, -0.25) is 10.2 Å². The lowest BCUT2D eigenvalue weighted by Gasteiger charge is -2.18. The van der Waals surface area contributed by atoms with Crippen LogP contribution in [-0.4, -0.2) is 43.8 Å². The largest absolute Gasteiger partial charge is 0.381 e. The maximum absolute atomic E-state index is 6.18. The molecule has 2 atom stereocenters. The molecule has 126 valence electrons. The normalized spacial score (nSPS) is 24.3. The zero-order valence-electron chi connectivity index (χ0n) is 14.2. The standard InChI is InChI=1S/C19H29N3O/c1-15(20)18(13-22-8-2-3-9-22)12-21-19-6-4-5-16(11-19)17-7-10-23-14-17/h4-6,11-12,15,17,21H,2-3,7-10,13-14,20H2,1H3/p+1/b18-12-/t15?,17-/m1/s1. The average molecular weight is 316 g/mol. The molecule has 1 unspecified atom stereocenters. The maximum atomic E-state index is 6.18. The number of quaternary nitrogens is 1. The highest BCUT2D eigenvalue weighted by atomic mass is 16.5. The fraction of sp³-hybridized carbons (Fsp3) is 0.579. The van der Waals surface area contributed by atoms with E-state index < -0.39 is 0 Å². The summed E-state index contributed by atoms with van der Waals surface area (Å²) in [7, 11) is 0. The molecule has 2 aliphatic heterocycles. The molecule has 0 amide bonds. The fourth-order valence-electron chi connectivity index (χ4n) is 3.46. The van der Waals surface area contributed by atoms with E-state index in [4.69, 9.17) is 10.5 Å². The minimum Gasteiger partial charge on any atom is -0.381 e. The summed E-state index contributed by atoms with van der Waals surface area (Å²) in [6, 6.07) is 8.95. The van der Waals surface area contributed by atoms with E-state index in [-0.39, 0.29) is 6.04 Å². The molecule has 0 spiro atoms. The van der Waals surface area contributed by atoms with Gasteiger partial charge >= 0.3 is 0 Å². The molecule has 3 rings (SSSR count). The minimum absolute atomic E-state index is 0.110. The van der Waals surface area contributed by atoms with Crippen LogP contribution in [0, 0.1) is 0 Å². The molecule has 2 saturated heterocycles. The third kappa shape index (κ3) is 4.64. The summed E-state index contributed by atoms with van der Waals surface area (Å²) in [4.78, 5) is 2.51. The van der Waals surface area contributed by atoms with Gasteiger partial charge in [-0.05, 0) is 50.9 Å². The maximum Gasteiger partial charge on any atom is 0.134 e. The summed E-state index contributed by atoms with van der Waals surface area (Å²) in [6.45, 7) is 7.26. The molecule has 23 heavy (non-hydrogen) atoms. The van der Waals surface area contributed by atoms with Crippen molar-refractivity contribution in [2.24, 2.45) is 5.73 Å². The van der Waals surface area contributed by atoms with Gasteiger partial charge in [-0.1, -0.05) is 12.1 Å². The first-order chi connectivity index (χ1) is 11.2. The highest BCUT2D eigenvalue weighted by Crippen LogP contribution is 2.25. The number of hydrogen-bond acceptors (Lipinski definition) is 3. The molecule has 1 aromatic rings. The van der Waals surface area contributed by atoms with Crippen molar-refractivity contribution < 1.29 is 10.1 Å². The Morgan fingerprint density at radius 1 is 1.43 bits per heavy atom. The van der Waals surface area contributed by atoms with E-state index in [0.29, 0.717) is 5.92 Å². The smallest absolute Gasteiger partial charge is 0.134 e. The van der Waals surface area contributed by atoms with E-state index >= 15 is 0 Å². The number of ether oxygens (including phenoxy) is 1. The molecule has 0 aromatic heterocycles. The van der Waals surface area contributed by atoms with Crippen LogP contribution in [0.3, 0.4) is 0 Å². The van der Waals surface area contributed by atoms with Crippen molar-refractivity contribution in [1.29, 1.82) is 0 Å². The predicted molar refractivity (Wildman–Crippen MR) is 93.6 cm³/mol. The minimum atomic E-state index is 0.110. The van der Waals surface area contributed by atoms with Gasteiger partial charge in [0.2, 0.25) is 0 Å². The summed E-state index contributed by atoms with van der Waals surface area (Å²) < 4.78 is 5.51. The van der Waals surface area contributed by atoms with Crippen LogP contribution in [0.4, 0.5) is 5.69 Å². The van der Waals surface area contributed by atoms with Crippen molar-refractivity contribution in [3.05, 3.63) is 41.6 Å². The van der Waals surface area contributed by atoms with Crippen molar-refractivity contribution in [1.82, 2.24) is 4.90 Å². The summed E-state index contributed by atoms with van der Waals surface area (Å²) in [5.74, 6) is 0.560. The van der Waals surface area contributed by atoms with Crippen LogP contribution >= 0.6 is 0 Å². The lowest BCUT2D eigenvalue weighted by molar-refractivity contribution is -0.497. The number of rotatable bonds is 6. The highest BCUT2D eigenvalue weighted by Gasteiger charge is 2.19. The van der Waals surface area contributed by atoms with Crippen LogP contribution in [0.15, 0.2) is 36.0 Å². The lowest BCUT2D eigenvalue weighted by atomic mass is 9.98. The van der Waals surface area contributed by atoms with E-state index in [1.165, 1.54) is 42.8 Å². The SMILES string of the molecule is CC(N)/C(=C\[NH2+]c1cccc([C@@H]2CCOC2)c1)CN1CCCC1. The fourth-order valence-corrected chi connectivity index (χ4v) is 3.46. The molecular formula is C19H30N3O+. The molecule has 2 fully saturated rings. The first-order valence-corrected chi connectivity index (χ1v) is 8.92. The molecule has 0 aliphatic carbocycles. The molecule has 0 radical (unpaired) electrons. The van der Waals surface area contributed by atoms with Crippen molar-refractivity contribution in [2.45, 2.75) is 38.1 Å². The van der Waals surface area contributed by atoms with Crippen molar-refractivity contribution >= 4 is 5.69 Å². The van der Waals surface area contributed by atoms with Gasteiger partial charge in [-0.25, -0.2) is 0 Å². The Bertz CT molecular complexity index is 529. The third-order valence-corrected chi connectivity index (χ3v) is 4.99. The zero-order valence-corrected chi connectivity index (χ0v) is 14.2.